The minimum Gasteiger partial charge on any atom is -0.504 e. The number of nitrogens with zero attached hydrogens (tertiary/aromatic N) is 8. The summed E-state index contributed by atoms with van der Waals surface area (Å²) >= 11 is 0. The first-order chi connectivity index (χ1) is 27.1. The number of rotatable bonds is 2. The molecular formula is C50H62N8Pt2-6. The average Bonchev–Trinajstić information content (AvgIpc) is 3.99. The maximum absolute atomic E-state index is 4.29. The van der Waals surface area contributed by atoms with Crippen molar-refractivity contribution in [2.24, 2.45) is 0 Å². The van der Waals surface area contributed by atoms with Gasteiger partial charge in [0.05, 0.1) is 0 Å². The molecule has 0 spiro atoms. The van der Waals surface area contributed by atoms with Gasteiger partial charge in [-0.3, -0.25) is 0 Å². The summed E-state index contributed by atoms with van der Waals surface area (Å²) in [4.78, 5) is 17.1. The molecule has 2 aliphatic rings. The van der Waals surface area contributed by atoms with Crippen LogP contribution < -0.4 is 19.6 Å². The first-order valence-electron chi connectivity index (χ1n) is 20.0. The fraction of sp³-hybridized carbons (Fsp3) is 0.360. The number of fused-ring (bicyclic) bond motifs is 2. The van der Waals surface area contributed by atoms with Gasteiger partial charge in [0.2, 0.25) is 0 Å². The van der Waals surface area contributed by atoms with Gasteiger partial charge in [-0.2, -0.15) is 74.0 Å². The summed E-state index contributed by atoms with van der Waals surface area (Å²) in [7, 11) is 4.11. The molecule has 2 aromatic heterocycles. The van der Waals surface area contributed by atoms with Gasteiger partial charge in [-0.15, -0.1) is 23.8 Å². The van der Waals surface area contributed by atoms with E-state index >= 15 is 0 Å². The number of anilines is 6. The van der Waals surface area contributed by atoms with Crippen LogP contribution in [0.5, 0.6) is 0 Å². The number of benzene rings is 4. The van der Waals surface area contributed by atoms with Crippen molar-refractivity contribution in [3.8, 4) is 0 Å². The predicted octanol–water partition coefficient (Wildman–Crippen LogP) is 11.9. The normalized spacial score (nSPS) is 13.3. The van der Waals surface area contributed by atoms with Crippen LogP contribution in [0.1, 0.15) is 94.5 Å². The number of aromatic nitrogens is 4. The molecular weight excluding hydrogens is 1100 g/mol. The Bertz CT molecular complexity index is 1970. The summed E-state index contributed by atoms with van der Waals surface area (Å²) in [6.45, 7) is 30.0. The Hall–Kier alpha value is -4.12. The SMILES string of the molecule is CC(C)(C)c1cn(C(C)(C)C)[c-]n1.CC(C)(C)c1cn(C(C)(C)C)[c-]n1.CN1[CH-]N(c2[c-]cccc2)c2ccccc21.CN1[CH-]N(c2[c-]cccc2)c2ccccc21.[Pt].[Pt]. The first-order valence-corrected chi connectivity index (χ1v) is 20.0. The fourth-order valence-corrected chi connectivity index (χ4v) is 5.96. The second-order valence-corrected chi connectivity index (χ2v) is 18.7. The Labute approximate surface area is 390 Å². The molecule has 0 bridgehead atoms. The van der Waals surface area contributed by atoms with Crippen LogP contribution >= 0.6 is 0 Å². The van der Waals surface area contributed by atoms with Gasteiger partial charge in [-0.1, -0.05) is 88.0 Å². The molecule has 0 atom stereocenters. The maximum atomic E-state index is 4.29. The van der Waals surface area contributed by atoms with E-state index in [9.17, 15) is 0 Å². The van der Waals surface area contributed by atoms with E-state index < -0.39 is 0 Å². The Morgan fingerprint density at radius 3 is 1.02 bits per heavy atom. The molecule has 8 rings (SSSR count). The molecule has 0 unspecified atom stereocenters. The van der Waals surface area contributed by atoms with Gasteiger partial charge >= 0.3 is 0 Å². The van der Waals surface area contributed by atoms with Crippen LogP contribution in [0.4, 0.5) is 34.1 Å². The zero-order valence-electron chi connectivity index (χ0n) is 37.8. The predicted molar refractivity (Wildman–Crippen MR) is 243 cm³/mol. The third kappa shape index (κ3) is 12.9. The van der Waals surface area contributed by atoms with Gasteiger partial charge < -0.3 is 38.7 Å². The van der Waals surface area contributed by atoms with Crippen LogP contribution in [0.15, 0.2) is 109 Å². The molecule has 328 valence electrons. The Kier molecular flexibility index (Phi) is 17.3. The van der Waals surface area contributed by atoms with Gasteiger partial charge in [0.25, 0.3) is 0 Å². The second-order valence-electron chi connectivity index (χ2n) is 18.7. The van der Waals surface area contributed by atoms with Crippen molar-refractivity contribution >= 4 is 34.1 Å². The van der Waals surface area contributed by atoms with Gasteiger partial charge in [0, 0.05) is 88.6 Å². The largest absolute Gasteiger partial charge is 0.504 e. The third-order valence-electron chi connectivity index (χ3n) is 9.57. The van der Waals surface area contributed by atoms with Gasteiger partial charge in [0.1, 0.15) is 0 Å². The van der Waals surface area contributed by atoms with Crippen molar-refractivity contribution in [2.75, 3.05) is 33.7 Å². The van der Waals surface area contributed by atoms with E-state index in [1.807, 2.05) is 45.5 Å². The molecule has 0 aliphatic carbocycles. The number of hydrogen-bond acceptors (Lipinski definition) is 6. The number of imidazole rings is 2. The van der Waals surface area contributed by atoms with Crippen LogP contribution in [0.25, 0.3) is 0 Å². The second kappa shape index (κ2) is 20.6. The summed E-state index contributed by atoms with van der Waals surface area (Å²) in [5, 5.41) is 0. The van der Waals surface area contributed by atoms with Crippen LogP contribution in [0, 0.1) is 38.1 Å². The molecule has 4 heterocycles. The molecule has 4 aromatic carbocycles. The molecule has 0 amide bonds. The van der Waals surface area contributed by atoms with Gasteiger partial charge in [-0.05, 0) is 79.9 Å². The molecule has 0 saturated heterocycles. The summed E-state index contributed by atoms with van der Waals surface area (Å²) in [6, 6.07) is 39.2. The van der Waals surface area contributed by atoms with Crippen LogP contribution in [-0.4, -0.2) is 33.2 Å². The monoisotopic (exact) mass is 1160 g/mol. The topological polar surface area (TPSA) is 48.6 Å². The van der Waals surface area contributed by atoms with E-state index in [0.29, 0.717) is 0 Å². The molecule has 6 aromatic rings. The Morgan fingerprint density at radius 1 is 0.450 bits per heavy atom. The Balaban J connectivity index is 0.000000213. The van der Waals surface area contributed by atoms with E-state index in [1.165, 1.54) is 22.7 Å². The van der Waals surface area contributed by atoms with Crippen molar-refractivity contribution in [1.82, 2.24) is 19.1 Å². The smallest absolute Gasteiger partial charge is 0.0326 e. The van der Waals surface area contributed by atoms with E-state index in [2.05, 4.69) is 238 Å². The summed E-state index contributed by atoms with van der Waals surface area (Å²) in [5.41, 5.74) is 9.58. The fourth-order valence-electron chi connectivity index (χ4n) is 5.96. The maximum Gasteiger partial charge on any atom is 0.0326 e. The van der Waals surface area contributed by atoms with E-state index in [0.717, 1.165) is 22.8 Å². The quantitative estimate of drug-likeness (QED) is 0.161. The molecule has 0 fully saturated rings. The van der Waals surface area contributed by atoms with Gasteiger partial charge in [0.15, 0.2) is 0 Å². The number of para-hydroxylation sites is 6. The van der Waals surface area contributed by atoms with Crippen molar-refractivity contribution in [3.05, 3.63) is 159 Å². The van der Waals surface area contributed by atoms with Crippen molar-refractivity contribution in [2.45, 2.75) is 105 Å². The molecule has 60 heavy (non-hydrogen) atoms. The molecule has 10 heteroatoms. The van der Waals surface area contributed by atoms with Crippen molar-refractivity contribution < 1.29 is 42.1 Å². The summed E-state index contributed by atoms with van der Waals surface area (Å²) < 4.78 is 4.07. The minimum absolute atomic E-state index is 0. The zero-order chi connectivity index (χ0) is 42.5. The van der Waals surface area contributed by atoms with Crippen molar-refractivity contribution in [3.63, 3.8) is 0 Å². The van der Waals surface area contributed by atoms with Crippen LogP contribution in [-0.2, 0) is 64.0 Å². The Morgan fingerprint density at radius 2 is 0.767 bits per heavy atom. The number of hydrogen-bond donors (Lipinski definition) is 0. The van der Waals surface area contributed by atoms with Crippen LogP contribution in [0.2, 0.25) is 0 Å². The average molecular weight is 1170 g/mol. The first kappa shape index (κ1) is 50.2. The zero-order valence-corrected chi connectivity index (χ0v) is 42.3. The van der Waals surface area contributed by atoms with E-state index in [1.54, 1.807) is 0 Å². The third-order valence-corrected chi connectivity index (χ3v) is 9.57. The standard InChI is InChI=1S/2C14H12N2.2C11H19N2.2Pt/c2*1-15-11-16(12-7-3-2-4-8-12)14-10-6-5-9-13(14)15;2*1-10(2,3)9-7-13(8-12-9)11(4,5)6;;/h2*2-7,9-11H,1H3;2*7H,1-6H3;;/q2*-2;2*-1;;. The molecule has 2 aliphatic heterocycles. The summed E-state index contributed by atoms with van der Waals surface area (Å²) in [6.07, 6.45) is 10.2. The van der Waals surface area contributed by atoms with E-state index in [4.69, 9.17) is 0 Å². The molecule has 0 radical (unpaired) electrons. The van der Waals surface area contributed by atoms with E-state index in [-0.39, 0.29) is 64.0 Å². The van der Waals surface area contributed by atoms with Gasteiger partial charge in [-0.25, -0.2) is 0 Å². The molecule has 8 nitrogen and oxygen atoms in total. The molecule has 0 N–H and O–H groups in total. The summed E-state index contributed by atoms with van der Waals surface area (Å²) in [5.74, 6) is 0. The van der Waals surface area contributed by atoms with Crippen LogP contribution in [0.3, 0.4) is 0 Å². The van der Waals surface area contributed by atoms with Crippen molar-refractivity contribution in [1.29, 1.82) is 0 Å². The minimum atomic E-state index is 0. The molecule has 0 saturated carbocycles.